The SMILES string of the molecule is CC(C)n1c(SCCOc2ccccc2)nc2ccccc2c1=O. The fraction of sp³-hybridized carbons (Fsp3) is 0.263. The Morgan fingerprint density at radius 1 is 1.08 bits per heavy atom. The summed E-state index contributed by atoms with van der Waals surface area (Å²) < 4.78 is 7.47. The monoisotopic (exact) mass is 340 g/mol. The number of rotatable bonds is 6. The van der Waals surface area contributed by atoms with E-state index in [0.717, 1.165) is 22.2 Å². The van der Waals surface area contributed by atoms with Gasteiger partial charge in [0.05, 0.1) is 17.5 Å². The van der Waals surface area contributed by atoms with E-state index < -0.39 is 0 Å². The molecular formula is C19H20N2O2S. The topological polar surface area (TPSA) is 44.1 Å². The molecule has 0 radical (unpaired) electrons. The van der Waals surface area contributed by atoms with E-state index in [0.29, 0.717) is 12.0 Å². The van der Waals surface area contributed by atoms with Gasteiger partial charge in [0, 0.05) is 11.8 Å². The van der Waals surface area contributed by atoms with Crippen LogP contribution in [0.3, 0.4) is 0 Å². The van der Waals surface area contributed by atoms with E-state index in [4.69, 9.17) is 4.74 Å². The summed E-state index contributed by atoms with van der Waals surface area (Å²) in [6.07, 6.45) is 0. The van der Waals surface area contributed by atoms with Crippen LogP contribution in [-0.2, 0) is 0 Å². The van der Waals surface area contributed by atoms with E-state index in [1.165, 1.54) is 0 Å². The molecule has 0 aliphatic carbocycles. The molecule has 0 N–H and O–H groups in total. The van der Waals surface area contributed by atoms with Gasteiger partial charge in [-0.3, -0.25) is 9.36 Å². The maximum absolute atomic E-state index is 12.7. The minimum atomic E-state index is 0.0158. The van der Waals surface area contributed by atoms with Crippen LogP contribution in [0.15, 0.2) is 64.5 Å². The number of hydrogen-bond donors (Lipinski definition) is 0. The first-order valence-electron chi connectivity index (χ1n) is 7.99. The number of fused-ring (bicyclic) bond motifs is 1. The fourth-order valence-corrected chi connectivity index (χ4v) is 3.44. The lowest BCUT2D eigenvalue weighted by Gasteiger charge is -2.16. The number of benzene rings is 2. The van der Waals surface area contributed by atoms with Gasteiger partial charge in [-0.1, -0.05) is 42.1 Å². The summed E-state index contributed by atoms with van der Waals surface area (Å²) in [5, 5.41) is 1.40. The van der Waals surface area contributed by atoms with Gasteiger partial charge in [-0.25, -0.2) is 4.98 Å². The maximum atomic E-state index is 12.7. The summed E-state index contributed by atoms with van der Waals surface area (Å²) in [7, 11) is 0. The van der Waals surface area contributed by atoms with Gasteiger partial charge in [-0.2, -0.15) is 0 Å². The minimum absolute atomic E-state index is 0.0158. The average molecular weight is 340 g/mol. The van der Waals surface area contributed by atoms with Gasteiger partial charge in [0.1, 0.15) is 5.75 Å². The second-order valence-corrected chi connectivity index (χ2v) is 6.75. The van der Waals surface area contributed by atoms with E-state index in [1.54, 1.807) is 16.3 Å². The number of thioether (sulfide) groups is 1. The van der Waals surface area contributed by atoms with Crippen LogP contribution in [0.25, 0.3) is 10.9 Å². The first kappa shape index (κ1) is 16.6. The zero-order valence-corrected chi connectivity index (χ0v) is 14.6. The number of para-hydroxylation sites is 2. The van der Waals surface area contributed by atoms with E-state index in [-0.39, 0.29) is 11.6 Å². The van der Waals surface area contributed by atoms with Gasteiger partial charge >= 0.3 is 0 Å². The Bertz CT molecular complexity index is 875. The number of aromatic nitrogens is 2. The summed E-state index contributed by atoms with van der Waals surface area (Å²) in [6, 6.07) is 17.3. The van der Waals surface area contributed by atoms with E-state index in [2.05, 4.69) is 4.98 Å². The lowest BCUT2D eigenvalue weighted by Crippen LogP contribution is -2.25. The zero-order chi connectivity index (χ0) is 16.9. The van der Waals surface area contributed by atoms with Crippen molar-refractivity contribution in [3.05, 3.63) is 65.0 Å². The number of nitrogens with zero attached hydrogens (tertiary/aromatic N) is 2. The van der Waals surface area contributed by atoms with Crippen molar-refractivity contribution < 1.29 is 4.74 Å². The molecule has 1 aromatic heterocycles. The highest BCUT2D eigenvalue weighted by molar-refractivity contribution is 7.99. The molecule has 3 aromatic rings. The Kier molecular flexibility index (Phi) is 5.20. The second kappa shape index (κ2) is 7.53. The van der Waals surface area contributed by atoms with Gasteiger partial charge < -0.3 is 4.74 Å². The highest BCUT2D eigenvalue weighted by Gasteiger charge is 2.13. The molecule has 2 aromatic carbocycles. The predicted molar refractivity (Wildman–Crippen MR) is 99.0 cm³/mol. The first-order chi connectivity index (χ1) is 11.7. The van der Waals surface area contributed by atoms with Gasteiger partial charge in [0.15, 0.2) is 5.16 Å². The standard InChI is InChI=1S/C19H20N2O2S/c1-14(2)21-18(22)16-10-6-7-11-17(16)20-19(21)24-13-12-23-15-8-4-3-5-9-15/h3-11,14H,12-13H2,1-2H3. The largest absolute Gasteiger partial charge is 0.493 e. The van der Waals surface area contributed by atoms with Crippen LogP contribution < -0.4 is 10.3 Å². The first-order valence-corrected chi connectivity index (χ1v) is 8.97. The third-order valence-corrected chi connectivity index (χ3v) is 4.54. The van der Waals surface area contributed by atoms with Gasteiger partial charge in [-0.15, -0.1) is 0 Å². The van der Waals surface area contributed by atoms with Crippen molar-refractivity contribution in [3.63, 3.8) is 0 Å². The molecular weight excluding hydrogens is 320 g/mol. The van der Waals surface area contributed by atoms with Crippen LogP contribution in [0.5, 0.6) is 5.75 Å². The number of ether oxygens (including phenoxy) is 1. The second-order valence-electron chi connectivity index (χ2n) is 5.69. The molecule has 24 heavy (non-hydrogen) atoms. The molecule has 0 amide bonds. The Hall–Kier alpha value is -2.27. The van der Waals surface area contributed by atoms with Gasteiger partial charge in [0.25, 0.3) is 5.56 Å². The lowest BCUT2D eigenvalue weighted by atomic mass is 10.2. The van der Waals surface area contributed by atoms with Crippen molar-refractivity contribution in [2.75, 3.05) is 12.4 Å². The highest BCUT2D eigenvalue weighted by atomic mass is 32.2. The molecule has 4 nitrogen and oxygen atoms in total. The molecule has 124 valence electrons. The Morgan fingerprint density at radius 2 is 1.79 bits per heavy atom. The molecule has 3 rings (SSSR count). The molecule has 0 fully saturated rings. The van der Waals surface area contributed by atoms with Crippen LogP contribution in [0, 0.1) is 0 Å². The van der Waals surface area contributed by atoms with Crippen LogP contribution in [0.2, 0.25) is 0 Å². The molecule has 0 saturated heterocycles. The van der Waals surface area contributed by atoms with Crippen LogP contribution >= 0.6 is 11.8 Å². The van der Waals surface area contributed by atoms with E-state index >= 15 is 0 Å². The maximum Gasteiger partial charge on any atom is 0.262 e. The quantitative estimate of drug-likeness (QED) is 0.384. The normalized spacial score (nSPS) is 11.1. The highest BCUT2D eigenvalue weighted by Crippen LogP contribution is 2.21. The average Bonchev–Trinajstić information content (AvgIpc) is 2.59. The number of hydrogen-bond acceptors (Lipinski definition) is 4. The zero-order valence-electron chi connectivity index (χ0n) is 13.8. The van der Waals surface area contributed by atoms with Gasteiger partial charge in [-0.05, 0) is 38.1 Å². The fourth-order valence-electron chi connectivity index (χ4n) is 2.49. The summed E-state index contributed by atoms with van der Waals surface area (Å²) in [4.78, 5) is 17.4. The van der Waals surface area contributed by atoms with Crippen molar-refractivity contribution >= 4 is 22.7 Å². The molecule has 0 unspecified atom stereocenters. The third-order valence-electron chi connectivity index (χ3n) is 3.62. The predicted octanol–water partition coefficient (Wildman–Crippen LogP) is 4.15. The summed E-state index contributed by atoms with van der Waals surface area (Å²) in [5.74, 6) is 1.58. The third kappa shape index (κ3) is 3.62. The van der Waals surface area contributed by atoms with Crippen LogP contribution in [0.4, 0.5) is 0 Å². The molecule has 5 heteroatoms. The van der Waals surface area contributed by atoms with Crippen molar-refractivity contribution in [2.24, 2.45) is 0 Å². The molecule has 0 aliphatic heterocycles. The molecule has 0 spiro atoms. The Balaban J connectivity index is 1.78. The van der Waals surface area contributed by atoms with Crippen LogP contribution in [-0.4, -0.2) is 21.9 Å². The summed E-state index contributed by atoms with van der Waals surface area (Å²) in [6.45, 7) is 4.57. The Labute approximate surface area is 145 Å². The van der Waals surface area contributed by atoms with Crippen molar-refractivity contribution in [2.45, 2.75) is 25.0 Å². The molecule has 0 bridgehead atoms. The smallest absolute Gasteiger partial charge is 0.262 e. The molecule has 0 aliphatic rings. The minimum Gasteiger partial charge on any atom is -0.493 e. The Morgan fingerprint density at radius 3 is 2.54 bits per heavy atom. The van der Waals surface area contributed by atoms with E-state index in [1.807, 2.05) is 68.4 Å². The lowest BCUT2D eigenvalue weighted by molar-refractivity contribution is 0.343. The van der Waals surface area contributed by atoms with Crippen LogP contribution in [0.1, 0.15) is 19.9 Å². The van der Waals surface area contributed by atoms with Crippen molar-refractivity contribution in [1.29, 1.82) is 0 Å². The summed E-state index contributed by atoms with van der Waals surface area (Å²) >= 11 is 1.55. The van der Waals surface area contributed by atoms with Crippen molar-refractivity contribution in [3.8, 4) is 5.75 Å². The van der Waals surface area contributed by atoms with Crippen molar-refractivity contribution in [1.82, 2.24) is 9.55 Å². The van der Waals surface area contributed by atoms with Gasteiger partial charge in [0.2, 0.25) is 0 Å². The van der Waals surface area contributed by atoms with E-state index in [9.17, 15) is 4.79 Å². The molecule has 0 atom stereocenters. The molecule has 1 heterocycles. The molecule has 0 saturated carbocycles. The summed E-state index contributed by atoms with van der Waals surface area (Å²) in [5.41, 5.74) is 0.757.